The molecule has 4 rings (SSSR count). The van der Waals surface area contributed by atoms with E-state index in [2.05, 4.69) is 15.2 Å². The van der Waals surface area contributed by atoms with Crippen LogP contribution < -0.4 is 10.2 Å². The standard InChI is InChI=1S/C21H20F3N3O/c22-21(23,24)16-5-1-2-6-18(16)26-14-9-12-27(13-10-14)19-8-7-17-15(20(19)28)4-3-11-25-17/h1-8,11,14,26,28H,9-10,12-13H2. The molecule has 1 aliphatic rings. The quantitative estimate of drug-likeness (QED) is 0.661. The van der Waals surface area contributed by atoms with Crippen LogP contribution in [-0.4, -0.2) is 29.2 Å². The number of phenolic OH excluding ortho intramolecular Hbond substituents is 1. The number of aromatic hydroxyl groups is 1. The first kappa shape index (κ1) is 18.4. The van der Waals surface area contributed by atoms with Crippen molar-refractivity contribution in [3.05, 3.63) is 60.3 Å². The summed E-state index contributed by atoms with van der Waals surface area (Å²) < 4.78 is 39.5. The predicted molar refractivity (Wildman–Crippen MR) is 104 cm³/mol. The molecule has 4 nitrogen and oxygen atoms in total. The van der Waals surface area contributed by atoms with Gasteiger partial charge in [0.05, 0.1) is 16.8 Å². The fourth-order valence-electron chi connectivity index (χ4n) is 3.72. The number of pyridine rings is 1. The van der Waals surface area contributed by atoms with Gasteiger partial charge in [0.2, 0.25) is 0 Å². The van der Waals surface area contributed by atoms with Gasteiger partial charge in [-0.25, -0.2) is 0 Å². The highest BCUT2D eigenvalue weighted by Gasteiger charge is 2.34. The molecule has 146 valence electrons. The molecule has 0 spiro atoms. The highest BCUT2D eigenvalue weighted by molar-refractivity contribution is 5.90. The minimum atomic E-state index is -4.38. The highest BCUT2D eigenvalue weighted by Crippen LogP contribution is 2.37. The Morgan fingerprint density at radius 1 is 1.00 bits per heavy atom. The average molecular weight is 387 g/mol. The van der Waals surface area contributed by atoms with Crippen LogP contribution in [0.25, 0.3) is 10.9 Å². The van der Waals surface area contributed by atoms with Crippen molar-refractivity contribution in [3.63, 3.8) is 0 Å². The first-order valence-electron chi connectivity index (χ1n) is 9.18. The van der Waals surface area contributed by atoms with E-state index in [9.17, 15) is 18.3 Å². The van der Waals surface area contributed by atoms with E-state index >= 15 is 0 Å². The predicted octanol–water partition coefficient (Wildman–Crippen LogP) is 5.04. The zero-order valence-corrected chi connectivity index (χ0v) is 15.1. The molecule has 1 fully saturated rings. The molecule has 28 heavy (non-hydrogen) atoms. The molecule has 0 saturated carbocycles. The van der Waals surface area contributed by atoms with Crippen LogP contribution in [0.15, 0.2) is 54.7 Å². The van der Waals surface area contributed by atoms with Gasteiger partial charge < -0.3 is 15.3 Å². The van der Waals surface area contributed by atoms with E-state index < -0.39 is 11.7 Å². The van der Waals surface area contributed by atoms with Crippen LogP contribution in [0.4, 0.5) is 24.5 Å². The molecule has 2 aromatic carbocycles. The number of nitrogens with zero attached hydrogens (tertiary/aromatic N) is 2. The second-order valence-corrected chi connectivity index (χ2v) is 6.95. The van der Waals surface area contributed by atoms with E-state index in [1.54, 1.807) is 18.3 Å². The molecule has 0 atom stereocenters. The maximum Gasteiger partial charge on any atom is 0.418 e. The van der Waals surface area contributed by atoms with Crippen molar-refractivity contribution in [2.24, 2.45) is 0 Å². The monoisotopic (exact) mass is 387 g/mol. The van der Waals surface area contributed by atoms with Crippen LogP contribution in [-0.2, 0) is 6.18 Å². The Labute approximate surface area is 160 Å². The Balaban J connectivity index is 1.47. The molecular formula is C21H20F3N3O. The number of benzene rings is 2. The lowest BCUT2D eigenvalue weighted by molar-refractivity contribution is -0.137. The maximum absolute atomic E-state index is 13.2. The lowest BCUT2D eigenvalue weighted by Crippen LogP contribution is -2.39. The number of fused-ring (bicyclic) bond motifs is 1. The van der Waals surface area contributed by atoms with Crippen molar-refractivity contribution in [2.45, 2.75) is 25.1 Å². The molecule has 0 aliphatic carbocycles. The van der Waals surface area contributed by atoms with Crippen molar-refractivity contribution in [1.29, 1.82) is 0 Å². The van der Waals surface area contributed by atoms with Gasteiger partial charge in [-0.3, -0.25) is 4.98 Å². The summed E-state index contributed by atoms with van der Waals surface area (Å²) in [4.78, 5) is 6.30. The summed E-state index contributed by atoms with van der Waals surface area (Å²) in [5, 5.41) is 14.4. The Hall–Kier alpha value is -2.96. The number of halogens is 3. The van der Waals surface area contributed by atoms with E-state index in [0.717, 1.165) is 17.3 Å². The fraction of sp³-hybridized carbons (Fsp3) is 0.286. The van der Waals surface area contributed by atoms with Gasteiger partial charge in [0, 0.05) is 36.4 Å². The topological polar surface area (TPSA) is 48.4 Å². The van der Waals surface area contributed by atoms with Gasteiger partial charge in [-0.2, -0.15) is 13.2 Å². The number of nitrogens with one attached hydrogen (secondary N) is 1. The molecule has 1 aromatic heterocycles. The SMILES string of the molecule is Oc1c(N2CCC(Nc3ccccc3C(F)(F)F)CC2)ccc2ncccc12. The third-order valence-electron chi connectivity index (χ3n) is 5.16. The number of para-hydroxylation sites is 1. The molecular weight excluding hydrogens is 367 g/mol. The van der Waals surface area contributed by atoms with Crippen LogP contribution in [0.1, 0.15) is 18.4 Å². The first-order chi connectivity index (χ1) is 13.4. The van der Waals surface area contributed by atoms with Gasteiger partial charge in [0.15, 0.2) is 0 Å². The molecule has 0 radical (unpaired) electrons. The van der Waals surface area contributed by atoms with Crippen molar-refractivity contribution in [2.75, 3.05) is 23.3 Å². The minimum Gasteiger partial charge on any atom is -0.505 e. The van der Waals surface area contributed by atoms with Crippen molar-refractivity contribution < 1.29 is 18.3 Å². The van der Waals surface area contributed by atoms with Crippen LogP contribution in [0.2, 0.25) is 0 Å². The van der Waals surface area contributed by atoms with Crippen LogP contribution in [0.3, 0.4) is 0 Å². The van der Waals surface area contributed by atoms with Gasteiger partial charge >= 0.3 is 6.18 Å². The molecule has 2 heterocycles. The molecule has 1 saturated heterocycles. The van der Waals surface area contributed by atoms with Crippen molar-refractivity contribution in [1.82, 2.24) is 4.98 Å². The Morgan fingerprint density at radius 3 is 2.50 bits per heavy atom. The summed E-state index contributed by atoms with van der Waals surface area (Å²) in [7, 11) is 0. The van der Waals surface area contributed by atoms with Gasteiger partial charge in [0.1, 0.15) is 5.75 Å². The lowest BCUT2D eigenvalue weighted by Gasteiger charge is -2.35. The summed E-state index contributed by atoms with van der Waals surface area (Å²) in [6.45, 7) is 1.29. The fourth-order valence-corrected chi connectivity index (χ4v) is 3.72. The van der Waals surface area contributed by atoms with E-state index in [1.807, 2.05) is 18.2 Å². The number of aromatic nitrogens is 1. The zero-order valence-electron chi connectivity index (χ0n) is 15.1. The maximum atomic E-state index is 13.2. The molecule has 0 unspecified atom stereocenters. The molecule has 7 heteroatoms. The Kier molecular flexibility index (Phi) is 4.75. The number of phenols is 1. The summed E-state index contributed by atoms with van der Waals surface area (Å²) in [5.74, 6) is 0.194. The van der Waals surface area contributed by atoms with Crippen molar-refractivity contribution in [3.8, 4) is 5.75 Å². The third kappa shape index (κ3) is 3.56. The molecule has 0 bridgehead atoms. The minimum absolute atomic E-state index is 0.0518. The molecule has 1 aliphatic heterocycles. The number of anilines is 2. The normalized spacial score (nSPS) is 15.8. The van der Waals surface area contributed by atoms with E-state index in [-0.39, 0.29) is 17.5 Å². The Morgan fingerprint density at radius 2 is 1.75 bits per heavy atom. The summed E-state index contributed by atoms with van der Waals surface area (Å²) in [6, 6.07) is 12.8. The van der Waals surface area contributed by atoms with Crippen LogP contribution in [0, 0.1) is 0 Å². The summed E-state index contributed by atoms with van der Waals surface area (Å²) in [5.41, 5.74) is 0.934. The van der Waals surface area contributed by atoms with Gasteiger partial charge in [-0.1, -0.05) is 12.1 Å². The first-order valence-corrected chi connectivity index (χ1v) is 9.18. The second kappa shape index (κ2) is 7.22. The number of piperidine rings is 1. The van der Waals surface area contributed by atoms with Crippen LogP contribution in [0.5, 0.6) is 5.75 Å². The van der Waals surface area contributed by atoms with Gasteiger partial charge in [-0.05, 0) is 49.2 Å². The number of hydrogen-bond acceptors (Lipinski definition) is 4. The van der Waals surface area contributed by atoms with E-state index in [1.165, 1.54) is 12.1 Å². The number of rotatable bonds is 3. The van der Waals surface area contributed by atoms with Crippen LogP contribution >= 0.6 is 0 Å². The van der Waals surface area contributed by atoms with E-state index in [0.29, 0.717) is 31.3 Å². The number of hydrogen-bond donors (Lipinski definition) is 2. The average Bonchev–Trinajstić information content (AvgIpc) is 2.69. The van der Waals surface area contributed by atoms with E-state index in [4.69, 9.17) is 0 Å². The molecule has 0 amide bonds. The Bertz CT molecular complexity index is 982. The highest BCUT2D eigenvalue weighted by atomic mass is 19.4. The third-order valence-corrected chi connectivity index (χ3v) is 5.16. The van der Waals surface area contributed by atoms with Crippen molar-refractivity contribution >= 4 is 22.3 Å². The summed E-state index contributed by atoms with van der Waals surface area (Å²) >= 11 is 0. The van der Waals surface area contributed by atoms with Gasteiger partial charge in [0.25, 0.3) is 0 Å². The lowest BCUT2D eigenvalue weighted by atomic mass is 10.0. The second-order valence-electron chi connectivity index (χ2n) is 6.95. The zero-order chi connectivity index (χ0) is 19.7. The largest absolute Gasteiger partial charge is 0.505 e. The molecule has 2 N–H and O–H groups in total. The smallest absolute Gasteiger partial charge is 0.418 e. The molecule has 3 aromatic rings. The van der Waals surface area contributed by atoms with Gasteiger partial charge in [-0.15, -0.1) is 0 Å². The number of alkyl halides is 3. The summed E-state index contributed by atoms with van der Waals surface area (Å²) in [6.07, 6.45) is -1.35.